The maximum absolute atomic E-state index is 6.06. The quantitative estimate of drug-likeness (QED) is 0.335. The van der Waals surface area contributed by atoms with Crippen LogP contribution in [0.2, 0.25) is 5.02 Å². The molecule has 0 aliphatic carbocycles. The SMILES string of the molecule is Cc1ccccc1OCCCCn1c(-c2ccc(Cl)cc2)nc2ccccc21. The van der Waals surface area contributed by atoms with Crippen LogP contribution in [0.3, 0.4) is 0 Å². The van der Waals surface area contributed by atoms with Crippen LogP contribution in [0.4, 0.5) is 0 Å². The van der Waals surface area contributed by atoms with Crippen LogP contribution in [0.25, 0.3) is 22.4 Å². The summed E-state index contributed by atoms with van der Waals surface area (Å²) in [5.74, 6) is 1.95. The van der Waals surface area contributed by atoms with Crippen LogP contribution in [-0.4, -0.2) is 16.2 Å². The number of imidazole rings is 1. The minimum absolute atomic E-state index is 0.716. The Morgan fingerprint density at radius 1 is 0.893 bits per heavy atom. The molecule has 3 aromatic carbocycles. The Hall–Kier alpha value is -2.78. The van der Waals surface area contributed by atoms with Gasteiger partial charge in [0, 0.05) is 17.1 Å². The highest BCUT2D eigenvalue weighted by Gasteiger charge is 2.12. The predicted molar refractivity (Wildman–Crippen MR) is 116 cm³/mol. The number of rotatable bonds is 7. The number of unbranched alkanes of at least 4 members (excludes halogenated alkanes) is 1. The van der Waals surface area contributed by atoms with Crippen molar-refractivity contribution in [1.29, 1.82) is 0 Å². The number of para-hydroxylation sites is 3. The molecule has 0 atom stereocenters. The van der Waals surface area contributed by atoms with E-state index >= 15 is 0 Å². The zero-order valence-corrected chi connectivity index (χ0v) is 16.7. The fourth-order valence-electron chi connectivity index (χ4n) is 3.39. The lowest BCUT2D eigenvalue weighted by atomic mass is 10.2. The van der Waals surface area contributed by atoms with Gasteiger partial charge in [0.1, 0.15) is 11.6 Å². The van der Waals surface area contributed by atoms with Crippen LogP contribution in [0.5, 0.6) is 5.75 Å². The van der Waals surface area contributed by atoms with E-state index in [1.165, 1.54) is 5.56 Å². The third kappa shape index (κ3) is 4.05. The molecule has 1 aromatic heterocycles. The molecular weight excluding hydrogens is 368 g/mol. The van der Waals surface area contributed by atoms with Gasteiger partial charge in [-0.15, -0.1) is 0 Å². The Bertz CT molecular complexity index is 1070. The van der Waals surface area contributed by atoms with Gasteiger partial charge in [-0.1, -0.05) is 41.9 Å². The third-order valence-corrected chi connectivity index (χ3v) is 5.14. The van der Waals surface area contributed by atoms with E-state index in [4.69, 9.17) is 21.3 Å². The summed E-state index contributed by atoms with van der Waals surface area (Å²) in [6, 6.07) is 24.3. The summed E-state index contributed by atoms with van der Waals surface area (Å²) in [5, 5.41) is 0.736. The molecule has 28 heavy (non-hydrogen) atoms. The lowest BCUT2D eigenvalue weighted by molar-refractivity contribution is 0.302. The van der Waals surface area contributed by atoms with Gasteiger partial charge in [-0.3, -0.25) is 0 Å². The largest absolute Gasteiger partial charge is 0.493 e. The molecule has 0 saturated carbocycles. The Labute approximate surface area is 170 Å². The predicted octanol–water partition coefficient (Wildman–Crippen LogP) is 6.52. The molecular formula is C24H23ClN2O. The first-order valence-corrected chi connectivity index (χ1v) is 10.00. The summed E-state index contributed by atoms with van der Waals surface area (Å²) in [7, 11) is 0. The molecule has 1 heterocycles. The number of ether oxygens (including phenoxy) is 1. The molecule has 0 fully saturated rings. The lowest BCUT2D eigenvalue weighted by Gasteiger charge is -2.11. The van der Waals surface area contributed by atoms with Crippen LogP contribution < -0.4 is 4.74 Å². The van der Waals surface area contributed by atoms with E-state index < -0.39 is 0 Å². The first-order valence-electron chi connectivity index (χ1n) is 9.62. The molecule has 0 saturated heterocycles. The molecule has 4 heteroatoms. The van der Waals surface area contributed by atoms with Crippen molar-refractivity contribution < 1.29 is 4.74 Å². The van der Waals surface area contributed by atoms with Crippen LogP contribution in [0, 0.1) is 6.92 Å². The van der Waals surface area contributed by atoms with Crippen molar-refractivity contribution in [3.8, 4) is 17.1 Å². The van der Waals surface area contributed by atoms with Crippen molar-refractivity contribution in [2.75, 3.05) is 6.61 Å². The van der Waals surface area contributed by atoms with Crippen molar-refractivity contribution in [2.45, 2.75) is 26.3 Å². The van der Waals surface area contributed by atoms with Crippen LogP contribution in [0.1, 0.15) is 18.4 Å². The van der Waals surface area contributed by atoms with Crippen LogP contribution in [-0.2, 0) is 6.54 Å². The highest BCUT2D eigenvalue weighted by molar-refractivity contribution is 6.30. The van der Waals surface area contributed by atoms with Gasteiger partial charge in [0.05, 0.1) is 17.6 Å². The fraction of sp³-hybridized carbons (Fsp3) is 0.208. The van der Waals surface area contributed by atoms with Gasteiger partial charge in [-0.05, 0) is 67.8 Å². The number of aryl methyl sites for hydroxylation is 2. The van der Waals surface area contributed by atoms with Gasteiger partial charge in [0.2, 0.25) is 0 Å². The fourth-order valence-corrected chi connectivity index (χ4v) is 3.52. The van der Waals surface area contributed by atoms with E-state index in [-0.39, 0.29) is 0 Å². The molecule has 0 aliphatic rings. The molecule has 4 rings (SSSR count). The van der Waals surface area contributed by atoms with E-state index in [1.807, 2.05) is 48.5 Å². The summed E-state index contributed by atoms with van der Waals surface area (Å²) in [5.41, 5.74) is 4.43. The number of benzene rings is 3. The first kappa shape index (κ1) is 18.6. The Morgan fingerprint density at radius 3 is 2.46 bits per heavy atom. The number of halogens is 1. The van der Waals surface area contributed by atoms with Crippen molar-refractivity contribution in [1.82, 2.24) is 9.55 Å². The molecule has 0 unspecified atom stereocenters. The standard InChI is InChI=1S/C24H23ClN2O/c1-18-8-2-5-11-23(18)28-17-7-6-16-27-22-10-4-3-9-21(22)26-24(27)19-12-14-20(25)15-13-19/h2-5,8-15H,6-7,16-17H2,1H3. The lowest BCUT2D eigenvalue weighted by Crippen LogP contribution is -2.04. The summed E-state index contributed by atoms with van der Waals surface area (Å²) < 4.78 is 8.23. The zero-order chi connectivity index (χ0) is 19.3. The second kappa shape index (κ2) is 8.49. The number of hydrogen-bond acceptors (Lipinski definition) is 2. The van der Waals surface area contributed by atoms with Gasteiger partial charge in [-0.2, -0.15) is 0 Å². The molecule has 0 bridgehead atoms. The second-order valence-corrected chi connectivity index (χ2v) is 7.34. The van der Waals surface area contributed by atoms with Crippen molar-refractivity contribution in [3.05, 3.63) is 83.4 Å². The molecule has 3 nitrogen and oxygen atoms in total. The monoisotopic (exact) mass is 390 g/mol. The number of hydrogen-bond donors (Lipinski definition) is 0. The summed E-state index contributed by atoms with van der Waals surface area (Å²) in [4.78, 5) is 4.86. The Balaban J connectivity index is 1.47. The summed E-state index contributed by atoms with van der Waals surface area (Å²) in [6.07, 6.45) is 2.01. The summed E-state index contributed by atoms with van der Waals surface area (Å²) >= 11 is 6.06. The van der Waals surface area contributed by atoms with Crippen molar-refractivity contribution >= 4 is 22.6 Å². The van der Waals surface area contributed by atoms with Gasteiger partial charge in [0.25, 0.3) is 0 Å². The van der Waals surface area contributed by atoms with Gasteiger partial charge < -0.3 is 9.30 Å². The topological polar surface area (TPSA) is 27.1 Å². The number of nitrogens with zero attached hydrogens (tertiary/aromatic N) is 2. The van der Waals surface area contributed by atoms with E-state index in [1.54, 1.807) is 0 Å². The van der Waals surface area contributed by atoms with E-state index in [9.17, 15) is 0 Å². The van der Waals surface area contributed by atoms with Gasteiger partial charge in [0.15, 0.2) is 0 Å². The summed E-state index contributed by atoms with van der Waals surface area (Å²) in [6.45, 7) is 3.69. The maximum atomic E-state index is 6.06. The molecule has 0 aliphatic heterocycles. The van der Waals surface area contributed by atoms with Gasteiger partial charge in [-0.25, -0.2) is 4.98 Å². The Morgan fingerprint density at radius 2 is 1.64 bits per heavy atom. The van der Waals surface area contributed by atoms with Crippen LogP contribution in [0.15, 0.2) is 72.8 Å². The normalized spacial score (nSPS) is 11.1. The maximum Gasteiger partial charge on any atom is 0.141 e. The molecule has 0 N–H and O–H groups in total. The minimum Gasteiger partial charge on any atom is -0.493 e. The molecule has 142 valence electrons. The van der Waals surface area contributed by atoms with E-state index in [0.717, 1.165) is 52.6 Å². The molecule has 0 radical (unpaired) electrons. The highest BCUT2D eigenvalue weighted by Crippen LogP contribution is 2.26. The smallest absolute Gasteiger partial charge is 0.141 e. The minimum atomic E-state index is 0.716. The highest BCUT2D eigenvalue weighted by atomic mass is 35.5. The second-order valence-electron chi connectivity index (χ2n) is 6.90. The molecule has 0 amide bonds. The van der Waals surface area contributed by atoms with Crippen molar-refractivity contribution in [3.63, 3.8) is 0 Å². The van der Waals surface area contributed by atoms with Gasteiger partial charge >= 0.3 is 0 Å². The molecule has 0 spiro atoms. The number of fused-ring (bicyclic) bond motifs is 1. The van der Waals surface area contributed by atoms with E-state index in [0.29, 0.717) is 6.61 Å². The Kier molecular flexibility index (Phi) is 5.63. The first-order chi connectivity index (χ1) is 13.7. The van der Waals surface area contributed by atoms with Crippen LogP contribution >= 0.6 is 11.6 Å². The van der Waals surface area contributed by atoms with E-state index in [2.05, 4.69) is 35.8 Å². The number of aromatic nitrogens is 2. The zero-order valence-electron chi connectivity index (χ0n) is 15.9. The van der Waals surface area contributed by atoms with Crippen molar-refractivity contribution in [2.24, 2.45) is 0 Å². The third-order valence-electron chi connectivity index (χ3n) is 4.88. The average molecular weight is 391 g/mol. The molecule has 4 aromatic rings. The average Bonchev–Trinajstić information content (AvgIpc) is 3.08.